The van der Waals surface area contributed by atoms with E-state index in [1.165, 1.54) is 11.3 Å². The van der Waals surface area contributed by atoms with Crippen LogP contribution in [0.25, 0.3) is 0 Å². The normalized spacial score (nSPS) is 19.9. The molecule has 0 spiro atoms. The van der Waals surface area contributed by atoms with Crippen LogP contribution >= 0.6 is 0 Å². The first-order chi connectivity index (χ1) is 7.49. The van der Waals surface area contributed by atoms with Gasteiger partial charge in [-0.3, -0.25) is 4.79 Å². The molecule has 0 bridgehead atoms. The van der Waals surface area contributed by atoms with Crippen LogP contribution in [-0.2, 0) is 4.79 Å². The molecule has 2 nitrogen and oxygen atoms in total. The number of rotatable bonds is 1. The number of hydrogen-bond acceptors (Lipinski definition) is 2. The fourth-order valence-corrected chi connectivity index (χ4v) is 2.48. The minimum Gasteiger partial charge on any atom is -0.366 e. The fraction of sp³-hybridized carbons (Fsp3) is 0.500. The summed E-state index contributed by atoms with van der Waals surface area (Å²) in [5.41, 5.74) is 2.45. The van der Waals surface area contributed by atoms with Gasteiger partial charge >= 0.3 is 0 Å². The Morgan fingerprint density at radius 1 is 1.31 bits per heavy atom. The predicted molar refractivity (Wildman–Crippen MR) is 66.8 cm³/mol. The van der Waals surface area contributed by atoms with Crippen LogP contribution in [0.1, 0.15) is 32.3 Å². The quantitative estimate of drug-likeness (QED) is 0.721. The molecule has 0 saturated carbocycles. The summed E-state index contributed by atoms with van der Waals surface area (Å²) in [7, 11) is 0. The molecule has 86 valence electrons. The minimum absolute atomic E-state index is 0.0525. The van der Waals surface area contributed by atoms with Gasteiger partial charge in [-0.1, -0.05) is 12.1 Å². The maximum Gasteiger partial charge on any atom is 0.136 e. The number of aryl methyl sites for hydroxylation is 1. The van der Waals surface area contributed by atoms with Gasteiger partial charge in [-0.2, -0.15) is 0 Å². The highest BCUT2D eigenvalue weighted by Gasteiger charge is 2.33. The lowest BCUT2D eigenvalue weighted by atomic mass is 9.89. The zero-order valence-corrected chi connectivity index (χ0v) is 10.3. The molecule has 1 aromatic carbocycles. The van der Waals surface area contributed by atoms with Crippen LogP contribution in [0.2, 0.25) is 0 Å². The minimum atomic E-state index is -0.0525. The Balaban J connectivity index is 2.30. The molecule has 16 heavy (non-hydrogen) atoms. The van der Waals surface area contributed by atoms with Crippen molar-refractivity contribution in [3.63, 3.8) is 0 Å². The van der Waals surface area contributed by atoms with Crippen LogP contribution in [0.4, 0.5) is 5.69 Å². The summed E-state index contributed by atoms with van der Waals surface area (Å²) in [6.07, 6.45) is 1.33. The van der Waals surface area contributed by atoms with Crippen molar-refractivity contribution in [2.75, 3.05) is 11.4 Å². The Labute approximate surface area is 97.3 Å². The molecule has 1 aromatic rings. The third kappa shape index (κ3) is 2.11. The average Bonchev–Trinajstić information content (AvgIpc) is 2.15. The number of Topliss-reactive ketones (excluding diaryl/α,β-unsaturated/α-hetero) is 1. The third-order valence-electron chi connectivity index (χ3n) is 3.29. The number of carbonyl (C=O) groups is 1. The van der Waals surface area contributed by atoms with Crippen molar-refractivity contribution >= 4 is 11.5 Å². The lowest BCUT2D eigenvalue weighted by Gasteiger charge is -2.43. The Hall–Kier alpha value is -1.31. The molecule has 2 rings (SSSR count). The van der Waals surface area contributed by atoms with Gasteiger partial charge in [0, 0.05) is 30.6 Å². The molecule has 0 unspecified atom stereocenters. The molecule has 0 atom stereocenters. The Kier molecular flexibility index (Phi) is 2.75. The summed E-state index contributed by atoms with van der Waals surface area (Å²) in [6.45, 7) is 7.24. The summed E-state index contributed by atoms with van der Waals surface area (Å²) in [4.78, 5) is 13.8. The summed E-state index contributed by atoms with van der Waals surface area (Å²) in [5.74, 6) is 0.383. The average molecular weight is 217 g/mol. The van der Waals surface area contributed by atoms with E-state index in [1.54, 1.807) is 0 Å². The zero-order valence-electron chi connectivity index (χ0n) is 10.3. The van der Waals surface area contributed by atoms with Gasteiger partial charge < -0.3 is 4.90 Å². The Morgan fingerprint density at radius 3 is 2.69 bits per heavy atom. The Bertz CT molecular complexity index is 409. The van der Waals surface area contributed by atoms with E-state index >= 15 is 0 Å². The van der Waals surface area contributed by atoms with Crippen molar-refractivity contribution in [3.05, 3.63) is 29.8 Å². The molecule has 0 N–H and O–H groups in total. The fourth-order valence-electron chi connectivity index (χ4n) is 2.48. The predicted octanol–water partition coefficient (Wildman–Crippen LogP) is 2.94. The third-order valence-corrected chi connectivity index (χ3v) is 3.29. The molecule has 1 aliphatic rings. The van der Waals surface area contributed by atoms with E-state index in [9.17, 15) is 4.79 Å². The van der Waals surface area contributed by atoms with Crippen LogP contribution in [0.15, 0.2) is 24.3 Å². The van der Waals surface area contributed by atoms with Crippen molar-refractivity contribution in [2.24, 2.45) is 0 Å². The number of piperidine rings is 1. The number of hydrogen-bond donors (Lipinski definition) is 0. The van der Waals surface area contributed by atoms with E-state index < -0.39 is 0 Å². The topological polar surface area (TPSA) is 20.3 Å². The molecule has 2 heteroatoms. The number of benzene rings is 1. The van der Waals surface area contributed by atoms with E-state index in [-0.39, 0.29) is 5.54 Å². The number of anilines is 1. The van der Waals surface area contributed by atoms with Crippen LogP contribution in [0, 0.1) is 6.92 Å². The van der Waals surface area contributed by atoms with Crippen LogP contribution < -0.4 is 4.90 Å². The zero-order chi connectivity index (χ0) is 11.8. The molecule has 0 aromatic heterocycles. The van der Waals surface area contributed by atoms with Crippen LogP contribution in [0.3, 0.4) is 0 Å². The monoisotopic (exact) mass is 217 g/mol. The van der Waals surface area contributed by atoms with Gasteiger partial charge in [-0.25, -0.2) is 0 Å². The molecule has 0 aliphatic carbocycles. The number of ketones is 1. The van der Waals surface area contributed by atoms with Crippen molar-refractivity contribution in [1.29, 1.82) is 0 Å². The van der Waals surface area contributed by atoms with Crippen LogP contribution in [-0.4, -0.2) is 17.9 Å². The molecule has 0 radical (unpaired) electrons. The molecular weight excluding hydrogens is 198 g/mol. The first-order valence-electron chi connectivity index (χ1n) is 5.85. The second-order valence-electron chi connectivity index (χ2n) is 5.27. The van der Waals surface area contributed by atoms with E-state index in [0.717, 1.165) is 6.54 Å². The highest BCUT2D eigenvalue weighted by Crippen LogP contribution is 2.31. The molecule has 1 fully saturated rings. The van der Waals surface area contributed by atoms with E-state index in [0.29, 0.717) is 18.6 Å². The second-order valence-corrected chi connectivity index (χ2v) is 5.27. The number of carbonyl (C=O) groups excluding carboxylic acids is 1. The van der Waals surface area contributed by atoms with Gasteiger partial charge in [0.1, 0.15) is 5.78 Å². The van der Waals surface area contributed by atoms with Crippen molar-refractivity contribution in [1.82, 2.24) is 0 Å². The summed E-state index contributed by atoms with van der Waals surface area (Å²) in [6, 6.07) is 8.50. The van der Waals surface area contributed by atoms with Gasteiger partial charge in [-0.15, -0.1) is 0 Å². The lowest BCUT2D eigenvalue weighted by molar-refractivity contribution is -0.121. The van der Waals surface area contributed by atoms with Crippen molar-refractivity contribution < 1.29 is 4.79 Å². The van der Waals surface area contributed by atoms with Crippen LogP contribution in [0.5, 0.6) is 0 Å². The molecular formula is C14H19NO. The highest BCUT2D eigenvalue weighted by atomic mass is 16.1. The maximum absolute atomic E-state index is 11.5. The number of nitrogens with zero attached hydrogens (tertiary/aromatic N) is 1. The first kappa shape index (κ1) is 11.2. The standard InChI is InChI=1S/C14H19NO/c1-11-5-4-6-12(9-11)15-8-7-13(16)10-14(15,2)3/h4-6,9H,7-8,10H2,1-3H3. The Morgan fingerprint density at radius 2 is 2.06 bits per heavy atom. The van der Waals surface area contributed by atoms with Gasteiger partial charge in [0.15, 0.2) is 0 Å². The van der Waals surface area contributed by atoms with Gasteiger partial charge in [-0.05, 0) is 38.5 Å². The van der Waals surface area contributed by atoms with E-state index in [1.807, 2.05) is 0 Å². The molecule has 1 aliphatic heterocycles. The summed E-state index contributed by atoms with van der Waals surface area (Å²) in [5, 5.41) is 0. The van der Waals surface area contributed by atoms with Gasteiger partial charge in [0.25, 0.3) is 0 Å². The highest BCUT2D eigenvalue weighted by molar-refractivity contribution is 5.82. The van der Waals surface area contributed by atoms with Gasteiger partial charge in [0.2, 0.25) is 0 Å². The second kappa shape index (κ2) is 3.93. The summed E-state index contributed by atoms with van der Waals surface area (Å²) < 4.78 is 0. The van der Waals surface area contributed by atoms with Crippen molar-refractivity contribution in [3.8, 4) is 0 Å². The molecule has 1 saturated heterocycles. The largest absolute Gasteiger partial charge is 0.366 e. The van der Waals surface area contributed by atoms with Gasteiger partial charge in [0.05, 0.1) is 0 Å². The molecule has 1 heterocycles. The van der Waals surface area contributed by atoms with E-state index in [2.05, 4.69) is 49.9 Å². The van der Waals surface area contributed by atoms with E-state index in [4.69, 9.17) is 0 Å². The molecule has 0 amide bonds. The lowest BCUT2D eigenvalue weighted by Crippen LogP contribution is -2.50. The van der Waals surface area contributed by atoms with Crippen molar-refractivity contribution in [2.45, 2.75) is 39.2 Å². The maximum atomic E-state index is 11.5. The smallest absolute Gasteiger partial charge is 0.136 e. The summed E-state index contributed by atoms with van der Waals surface area (Å²) >= 11 is 0. The first-order valence-corrected chi connectivity index (χ1v) is 5.85. The SMILES string of the molecule is Cc1cccc(N2CCC(=O)CC2(C)C)c1.